The molecule has 0 radical (unpaired) electrons. The fourth-order valence-corrected chi connectivity index (χ4v) is 2.24. The van der Waals surface area contributed by atoms with Gasteiger partial charge in [0.25, 0.3) is 0 Å². The Morgan fingerprint density at radius 1 is 1.32 bits per heavy atom. The van der Waals surface area contributed by atoms with Crippen LogP contribution in [0.3, 0.4) is 0 Å². The van der Waals surface area contributed by atoms with Gasteiger partial charge < -0.3 is 15.5 Å². The molecule has 0 bridgehead atoms. The van der Waals surface area contributed by atoms with Crippen LogP contribution in [0.2, 0.25) is 5.02 Å². The molecular formula is C13H16ClN3O2. The minimum atomic E-state index is -0.641. The first-order chi connectivity index (χ1) is 9.09. The van der Waals surface area contributed by atoms with E-state index in [1.807, 2.05) is 13.0 Å². The van der Waals surface area contributed by atoms with Gasteiger partial charge in [0.2, 0.25) is 0 Å². The number of carbonyl (C=O) groups excluding carboxylic acids is 2. The van der Waals surface area contributed by atoms with Crippen molar-refractivity contribution in [3.63, 3.8) is 0 Å². The maximum atomic E-state index is 12.0. The predicted octanol–water partition coefficient (Wildman–Crippen LogP) is 1.02. The molecule has 2 rings (SSSR count). The maximum Gasteiger partial charge on any atom is 0.313 e. The maximum absolute atomic E-state index is 12.0. The summed E-state index contributed by atoms with van der Waals surface area (Å²) in [6.45, 7) is 4.35. The fourth-order valence-electron chi connectivity index (χ4n) is 1.97. The Balaban J connectivity index is 2.06. The van der Waals surface area contributed by atoms with Crippen LogP contribution in [0.25, 0.3) is 0 Å². The summed E-state index contributed by atoms with van der Waals surface area (Å²) >= 11 is 6.01. The van der Waals surface area contributed by atoms with E-state index in [-0.39, 0.29) is 0 Å². The van der Waals surface area contributed by atoms with E-state index < -0.39 is 11.8 Å². The SMILES string of the molecule is Cc1cccc(Cl)c1NC(=O)C(=O)N1CCNCC1. The van der Waals surface area contributed by atoms with Crippen LogP contribution in [0.1, 0.15) is 5.56 Å². The summed E-state index contributed by atoms with van der Waals surface area (Å²) in [5, 5.41) is 6.15. The number of hydrogen-bond acceptors (Lipinski definition) is 3. The van der Waals surface area contributed by atoms with E-state index in [0.29, 0.717) is 36.9 Å². The van der Waals surface area contributed by atoms with Crippen molar-refractivity contribution in [1.29, 1.82) is 0 Å². The second kappa shape index (κ2) is 6.04. The van der Waals surface area contributed by atoms with Crippen LogP contribution in [0.4, 0.5) is 5.69 Å². The van der Waals surface area contributed by atoms with Crippen molar-refractivity contribution in [2.24, 2.45) is 0 Å². The van der Waals surface area contributed by atoms with Gasteiger partial charge in [-0.15, -0.1) is 0 Å². The molecule has 0 unspecified atom stereocenters. The molecule has 0 aliphatic carbocycles. The minimum absolute atomic E-state index is 0.432. The lowest BCUT2D eigenvalue weighted by atomic mass is 10.2. The summed E-state index contributed by atoms with van der Waals surface area (Å²) in [5.74, 6) is -1.15. The predicted molar refractivity (Wildman–Crippen MR) is 74.3 cm³/mol. The van der Waals surface area contributed by atoms with Crippen molar-refractivity contribution >= 4 is 29.1 Å². The first kappa shape index (κ1) is 13.8. The fraction of sp³-hybridized carbons (Fsp3) is 0.385. The zero-order valence-corrected chi connectivity index (χ0v) is 11.5. The van der Waals surface area contributed by atoms with E-state index in [2.05, 4.69) is 10.6 Å². The number of piperazine rings is 1. The standard InChI is InChI=1S/C13H16ClN3O2/c1-9-3-2-4-10(14)11(9)16-12(18)13(19)17-7-5-15-6-8-17/h2-4,15H,5-8H2,1H3,(H,16,18). The molecule has 6 heteroatoms. The average Bonchev–Trinajstić information content (AvgIpc) is 2.43. The van der Waals surface area contributed by atoms with Crippen molar-refractivity contribution in [3.8, 4) is 0 Å². The van der Waals surface area contributed by atoms with Gasteiger partial charge >= 0.3 is 11.8 Å². The van der Waals surface area contributed by atoms with Gasteiger partial charge in [-0.05, 0) is 18.6 Å². The van der Waals surface area contributed by atoms with E-state index in [9.17, 15) is 9.59 Å². The number of aryl methyl sites for hydroxylation is 1. The van der Waals surface area contributed by atoms with Crippen molar-refractivity contribution in [2.75, 3.05) is 31.5 Å². The number of carbonyl (C=O) groups is 2. The second-order valence-electron chi connectivity index (χ2n) is 4.43. The molecule has 1 heterocycles. The number of amides is 2. The highest BCUT2D eigenvalue weighted by molar-refractivity contribution is 6.41. The number of rotatable bonds is 1. The van der Waals surface area contributed by atoms with Gasteiger partial charge in [0, 0.05) is 26.2 Å². The minimum Gasteiger partial charge on any atom is -0.332 e. The molecule has 19 heavy (non-hydrogen) atoms. The highest BCUT2D eigenvalue weighted by Gasteiger charge is 2.24. The molecule has 1 aromatic carbocycles. The lowest BCUT2D eigenvalue weighted by Crippen LogP contribution is -2.49. The molecule has 2 N–H and O–H groups in total. The van der Waals surface area contributed by atoms with E-state index in [1.54, 1.807) is 12.1 Å². The summed E-state index contributed by atoms with van der Waals surface area (Å²) in [6.07, 6.45) is 0. The van der Waals surface area contributed by atoms with Crippen LogP contribution < -0.4 is 10.6 Å². The van der Waals surface area contributed by atoms with Gasteiger partial charge in [-0.25, -0.2) is 0 Å². The molecule has 1 aromatic rings. The summed E-state index contributed by atoms with van der Waals surface area (Å²) < 4.78 is 0. The van der Waals surface area contributed by atoms with E-state index in [4.69, 9.17) is 11.6 Å². The Morgan fingerprint density at radius 3 is 2.63 bits per heavy atom. The van der Waals surface area contributed by atoms with Gasteiger partial charge in [0.05, 0.1) is 10.7 Å². The molecule has 0 saturated carbocycles. The number of nitrogens with one attached hydrogen (secondary N) is 2. The van der Waals surface area contributed by atoms with Crippen LogP contribution in [0.5, 0.6) is 0 Å². The van der Waals surface area contributed by atoms with E-state index in [1.165, 1.54) is 4.90 Å². The number of hydrogen-bond donors (Lipinski definition) is 2. The van der Waals surface area contributed by atoms with Crippen LogP contribution in [-0.4, -0.2) is 42.9 Å². The van der Waals surface area contributed by atoms with Crippen molar-refractivity contribution in [3.05, 3.63) is 28.8 Å². The normalized spacial score (nSPS) is 15.2. The molecule has 102 valence electrons. The third-order valence-corrected chi connectivity index (χ3v) is 3.37. The van der Waals surface area contributed by atoms with E-state index in [0.717, 1.165) is 5.56 Å². The summed E-state index contributed by atoms with van der Waals surface area (Å²) in [5.41, 5.74) is 1.33. The molecule has 1 aliphatic heterocycles. The Hall–Kier alpha value is -1.59. The van der Waals surface area contributed by atoms with Crippen molar-refractivity contribution in [2.45, 2.75) is 6.92 Å². The van der Waals surface area contributed by atoms with Crippen LogP contribution in [0.15, 0.2) is 18.2 Å². The van der Waals surface area contributed by atoms with Crippen LogP contribution in [0, 0.1) is 6.92 Å². The molecule has 0 atom stereocenters. The Bertz CT molecular complexity index is 478. The van der Waals surface area contributed by atoms with Gasteiger partial charge in [0.15, 0.2) is 0 Å². The molecule has 1 fully saturated rings. The number of halogens is 1. The zero-order chi connectivity index (χ0) is 13.8. The van der Waals surface area contributed by atoms with Gasteiger partial charge in [-0.2, -0.15) is 0 Å². The topological polar surface area (TPSA) is 61.4 Å². The highest BCUT2D eigenvalue weighted by Crippen LogP contribution is 2.25. The van der Waals surface area contributed by atoms with Crippen molar-refractivity contribution < 1.29 is 9.59 Å². The highest BCUT2D eigenvalue weighted by atomic mass is 35.5. The van der Waals surface area contributed by atoms with Crippen molar-refractivity contribution in [1.82, 2.24) is 10.2 Å². The number of benzene rings is 1. The Kier molecular flexibility index (Phi) is 4.39. The first-order valence-corrected chi connectivity index (χ1v) is 6.53. The summed E-state index contributed by atoms with van der Waals surface area (Å²) in [4.78, 5) is 25.4. The third kappa shape index (κ3) is 3.24. The number of anilines is 1. The van der Waals surface area contributed by atoms with Crippen LogP contribution >= 0.6 is 11.6 Å². The lowest BCUT2D eigenvalue weighted by molar-refractivity contribution is -0.143. The van der Waals surface area contributed by atoms with Crippen LogP contribution in [-0.2, 0) is 9.59 Å². The number of nitrogens with zero attached hydrogens (tertiary/aromatic N) is 1. The second-order valence-corrected chi connectivity index (χ2v) is 4.84. The van der Waals surface area contributed by atoms with Gasteiger partial charge in [0.1, 0.15) is 0 Å². The Labute approximate surface area is 116 Å². The largest absolute Gasteiger partial charge is 0.332 e. The molecular weight excluding hydrogens is 266 g/mol. The molecule has 0 aromatic heterocycles. The average molecular weight is 282 g/mol. The zero-order valence-electron chi connectivity index (χ0n) is 10.7. The van der Waals surface area contributed by atoms with E-state index >= 15 is 0 Å². The molecule has 1 saturated heterocycles. The third-order valence-electron chi connectivity index (χ3n) is 3.06. The molecule has 0 spiro atoms. The molecule has 2 amide bonds. The molecule has 5 nitrogen and oxygen atoms in total. The monoisotopic (exact) mass is 281 g/mol. The summed E-state index contributed by atoms with van der Waals surface area (Å²) in [6, 6.07) is 5.31. The smallest absolute Gasteiger partial charge is 0.313 e. The Morgan fingerprint density at radius 2 is 2.00 bits per heavy atom. The lowest BCUT2D eigenvalue weighted by Gasteiger charge is -2.26. The quantitative estimate of drug-likeness (QED) is 0.756. The first-order valence-electron chi connectivity index (χ1n) is 6.15. The summed E-state index contributed by atoms with van der Waals surface area (Å²) in [7, 11) is 0. The molecule has 1 aliphatic rings. The van der Waals surface area contributed by atoms with Gasteiger partial charge in [-0.3, -0.25) is 9.59 Å². The van der Waals surface area contributed by atoms with Gasteiger partial charge in [-0.1, -0.05) is 23.7 Å². The number of para-hydroxylation sites is 1.